The van der Waals surface area contributed by atoms with Crippen molar-refractivity contribution >= 4 is 22.9 Å². The van der Waals surface area contributed by atoms with Gasteiger partial charge in [-0.25, -0.2) is 0 Å². The molecular weight excluding hydrogens is 256 g/mol. The Hall–Kier alpha value is -1.08. The summed E-state index contributed by atoms with van der Waals surface area (Å²) in [7, 11) is 0. The molecule has 0 heterocycles. The van der Waals surface area contributed by atoms with Gasteiger partial charge in [0.25, 0.3) is 0 Å². The molecule has 1 rings (SSSR count). The molecule has 0 saturated heterocycles. The molecule has 0 aliphatic carbocycles. The summed E-state index contributed by atoms with van der Waals surface area (Å²) in [5.41, 5.74) is 2.84. The van der Waals surface area contributed by atoms with Crippen LogP contribution in [0.25, 0.3) is 5.03 Å². The molecular formula is C17H23ClO. The Labute approximate surface area is 121 Å². The first-order valence-electron chi connectivity index (χ1n) is 7.10. The topological polar surface area (TPSA) is 17.1 Å². The van der Waals surface area contributed by atoms with Crippen LogP contribution in [-0.2, 0) is 11.2 Å². The Balaban J connectivity index is 2.50. The van der Waals surface area contributed by atoms with E-state index in [2.05, 4.69) is 19.1 Å². The molecule has 1 aromatic rings. The Bertz CT molecular complexity index is 417. The summed E-state index contributed by atoms with van der Waals surface area (Å²) in [6.45, 7) is 3.97. The lowest BCUT2D eigenvalue weighted by Crippen LogP contribution is -1.88. The van der Waals surface area contributed by atoms with Gasteiger partial charge in [-0.2, -0.15) is 0 Å². The minimum Gasteiger partial charge on any atom is -0.298 e. The van der Waals surface area contributed by atoms with Crippen molar-refractivity contribution in [1.29, 1.82) is 0 Å². The second kappa shape index (κ2) is 8.92. The summed E-state index contributed by atoms with van der Waals surface area (Å²) in [5.74, 6) is 0. The number of hydrogen-bond donors (Lipinski definition) is 0. The van der Waals surface area contributed by atoms with Gasteiger partial charge >= 0.3 is 0 Å². The average Bonchev–Trinajstić information content (AvgIpc) is 2.46. The van der Waals surface area contributed by atoms with E-state index in [1.165, 1.54) is 37.7 Å². The molecule has 0 saturated carbocycles. The Kier molecular flexibility index (Phi) is 7.50. The number of benzene rings is 1. The molecule has 0 bridgehead atoms. The number of hydrogen-bond acceptors (Lipinski definition) is 1. The molecule has 0 aromatic heterocycles. The maximum atomic E-state index is 10.7. The zero-order valence-corrected chi connectivity index (χ0v) is 12.7. The molecule has 104 valence electrons. The molecule has 19 heavy (non-hydrogen) atoms. The first kappa shape index (κ1) is 16.0. The van der Waals surface area contributed by atoms with Gasteiger partial charge in [-0.3, -0.25) is 4.79 Å². The van der Waals surface area contributed by atoms with E-state index >= 15 is 0 Å². The van der Waals surface area contributed by atoms with Crippen molar-refractivity contribution in [3.63, 3.8) is 0 Å². The number of carbonyl (C=O) groups is 1. The van der Waals surface area contributed by atoms with Crippen LogP contribution in [0.3, 0.4) is 0 Å². The van der Waals surface area contributed by atoms with Crippen molar-refractivity contribution < 1.29 is 4.79 Å². The SMILES string of the molecule is CCCCCCCc1ccc(C(Cl)=C(C)C=O)cc1. The van der Waals surface area contributed by atoms with E-state index in [0.29, 0.717) is 10.6 Å². The Morgan fingerprint density at radius 3 is 2.32 bits per heavy atom. The van der Waals surface area contributed by atoms with Crippen LogP contribution in [0.15, 0.2) is 29.8 Å². The molecule has 0 unspecified atom stereocenters. The predicted octanol–water partition coefficient (Wildman–Crippen LogP) is 5.37. The summed E-state index contributed by atoms with van der Waals surface area (Å²) in [4.78, 5) is 10.7. The monoisotopic (exact) mass is 278 g/mol. The fourth-order valence-corrected chi connectivity index (χ4v) is 2.20. The fourth-order valence-electron chi connectivity index (χ4n) is 2.03. The number of aryl methyl sites for hydroxylation is 1. The fraction of sp³-hybridized carbons (Fsp3) is 0.471. The van der Waals surface area contributed by atoms with E-state index < -0.39 is 0 Å². The van der Waals surface area contributed by atoms with Crippen molar-refractivity contribution in [2.24, 2.45) is 0 Å². The van der Waals surface area contributed by atoms with Crippen molar-refractivity contribution in [1.82, 2.24) is 0 Å². The first-order valence-corrected chi connectivity index (χ1v) is 7.47. The van der Waals surface area contributed by atoms with Crippen LogP contribution in [0, 0.1) is 0 Å². The maximum Gasteiger partial charge on any atom is 0.147 e. The van der Waals surface area contributed by atoms with Gasteiger partial charge in [-0.1, -0.05) is 68.5 Å². The maximum absolute atomic E-state index is 10.7. The largest absolute Gasteiger partial charge is 0.298 e. The molecule has 0 radical (unpaired) electrons. The van der Waals surface area contributed by atoms with E-state index in [9.17, 15) is 4.79 Å². The third kappa shape index (κ3) is 5.61. The zero-order chi connectivity index (χ0) is 14.1. The number of allylic oxidation sites excluding steroid dienone is 1. The van der Waals surface area contributed by atoms with Crippen LogP contribution in [0.2, 0.25) is 0 Å². The van der Waals surface area contributed by atoms with E-state index in [1.807, 2.05) is 12.1 Å². The highest BCUT2D eigenvalue weighted by Crippen LogP contribution is 2.22. The smallest absolute Gasteiger partial charge is 0.147 e. The standard InChI is InChI=1S/C17H23ClO/c1-3-4-5-6-7-8-15-9-11-16(12-10-15)17(18)14(2)13-19/h9-13H,3-8H2,1-2H3. The van der Waals surface area contributed by atoms with Crippen molar-refractivity contribution in [2.45, 2.75) is 52.4 Å². The first-order chi connectivity index (χ1) is 9.19. The molecule has 0 spiro atoms. The quantitative estimate of drug-likeness (QED) is 0.355. The molecule has 1 nitrogen and oxygen atoms in total. The van der Waals surface area contributed by atoms with E-state index in [-0.39, 0.29) is 0 Å². The summed E-state index contributed by atoms with van der Waals surface area (Å²) < 4.78 is 0. The van der Waals surface area contributed by atoms with E-state index in [1.54, 1.807) is 6.92 Å². The Morgan fingerprint density at radius 2 is 1.74 bits per heavy atom. The van der Waals surface area contributed by atoms with Crippen LogP contribution < -0.4 is 0 Å². The molecule has 0 amide bonds. The second-order valence-corrected chi connectivity index (χ2v) is 5.35. The lowest BCUT2D eigenvalue weighted by Gasteiger charge is -2.05. The van der Waals surface area contributed by atoms with Gasteiger partial charge in [-0.05, 0) is 30.9 Å². The normalized spacial score (nSPS) is 12.2. The molecule has 0 fully saturated rings. The van der Waals surface area contributed by atoms with Gasteiger partial charge in [-0.15, -0.1) is 0 Å². The number of carbonyl (C=O) groups excluding carboxylic acids is 1. The van der Waals surface area contributed by atoms with Gasteiger partial charge < -0.3 is 0 Å². The number of halogens is 1. The summed E-state index contributed by atoms with van der Waals surface area (Å²) in [5, 5.41) is 0.546. The Morgan fingerprint density at radius 1 is 1.11 bits per heavy atom. The zero-order valence-electron chi connectivity index (χ0n) is 11.9. The molecule has 2 heteroatoms. The second-order valence-electron chi connectivity index (χ2n) is 4.98. The van der Waals surface area contributed by atoms with E-state index in [0.717, 1.165) is 18.3 Å². The van der Waals surface area contributed by atoms with Crippen LogP contribution in [0.4, 0.5) is 0 Å². The van der Waals surface area contributed by atoms with Crippen molar-refractivity contribution in [3.05, 3.63) is 41.0 Å². The highest BCUT2D eigenvalue weighted by molar-refractivity contribution is 6.50. The predicted molar refractivity (Wildman–Crippen MR) is 83.4 cm³/mol. The lowest BCUT2D eigenvalue weighted by atomic mass is 10.0. The minimum atomic E-state index is 0.546. The van der Waals surface area contributed by atoms with Gasteiger partial charge in [0.1, 0.15) is 6.29 Å². The molecule has 0 atom stereocenters. The van der Waals surface area contributed by atoms with Crippen LogP contribution in [0.1, 0.15) is 57.1 Å². The van der Waals surface area contributed by atoms with Crippen LogP contribution in [-0.4, -0.2) is 6.29 Å². The van der Waals surface area contributed by atoms with Gasteiger partial charge in [0.15, 0.2) is 0 Å². The number of rotatable bonds is 8. The van der Waals surface area contributed by atoms with Gasteiger partial charge in [0, 0.05) is 5.57 Å². The third-order valence-electron chi connectivity index (χ3n) is 3.30. The minimum absolute atomic E-state index is 0.546. The summed E-state index contributed by atoms with van der Waals surface area (Å²) in [6.07, 6.45) is 8.43. The lowest BCUT2D eigenvalue weighted by molar-refractivity contribution is -0.104. The highest BCUT2D eigenvalue weighted by Gasteiger charge is 2.02. The summed E-state index contributed by atoms with van der Waals surface area (Å²) >= 11 is 6.12. The van der Waals surface area contributed by atoms with Crippen LogP contribution in [0.5, 0.6) is 0 Å². The van der Waals surface area contributed by atoms with E-state index in [4.69, 9.17) is 11.6 Å². The molecule has 0 aliphatic heterocycles. The van der Waals surface area contributed by atoms with Crippen LogP contribution >= 0.6 is 11.6 Å². The van der Waals surface area contributed by atoms with Crippen molar-refractivity contribution in [2.75, 3.05) is 0 Å². The number of unbranched alkanes of at least 4 members (excludes halogenated alkanes) is 4. The number of aldehydes is 1. The highest BCUT2D eigenvalue weighted by atomic mass is 35.5. The van der Waals surface area contributed by atoms with Gasteiger partial charge in [0.05, 0.1) is 5.03 Å². The third-order valence-corrected chi connectivity index (χ3v) is 3.82. The molecule has 0 aliphatic rings. The molecule has 0 N–H and O–H groups in total. The van der Waals surface area contributed by atoms with Crippen molar-refractivity contribution in [3.8, 4) is 0 Å². The average molecular weight is 279 g/mol. The van der Waals surface area contributed by atoms with Gasteiger partial charge in [0.2, 0.25) is 0 Å². The molecule has 1 aromatic carbocycles. The summed E-state index contributed by atoms with van der Waals surface area (Å²) in [6, 6.07) is 8.21.